The summed E-state index contributed by atoms with van der Waals surface area (Å²) >= 11 is 0. The van der Waals surface area contributed by atoms with Crippen LogP contribution >= 0.6 is 0 Å². The Morgan fingerprint density at radius 2 is 2.35 bits per heavy atom. The van der Waals surface area contributed by atoms with Gasteiger partial charge in [-0.25, -0.2) is 9.50 Å². The van der Waals surface area contributed by atoms with Gasteiger partial charge in [0.05, 0.1) is 11.6 Å². The van der Waals surface area contributed by atoms with Crippen LogP contribution < -0.4 is 4.90 Å². The van der Waals surface area contributed by atoms with Gasteiger partial charge in [-0.15, -0.1) is 0 Å². The molecule has 6 heteroatoms. The van der Waals surface area contributed by atoms with E-state index in [0.717, 1.165) is 24.4 Å². The number of hydrogen-bond donors (Lipinski definition) is 1. The maximum atomic E-state index is 11.6. The lowest BCUT2D eigenvalue weighted by Gasteiger charge is -2.24. The third-order valence-electron chi connectivity index (χ3n) is 4.10. The van der Waals surface area contributed by atoms with Crippen molar-refractivity contribution in [1.29, 1.82) is 0 Å². The van der Waals surface area contributed by atoms with E-state index in [-0.39, 0.29) is 0 Å². The number of aromatic nitrogens is 3. The van der Waals surface area contributed by atoms with Gasteiger partial charge in [0.2, 0.25) is 0 Å². The summed E-state index contributed by atoms with van der Waals surface area (Å²) in [6, 6.07) is 3.74. The van der Waals surface area contributed by atoms with Crippen molar-refractivity contribution in [2.75, 3.05) is 18.0 Å². The Morgan fingerprint density at radius 1 is 1.50 bits per heavy atom. The molecule has 1 atom stereocenters. The average Bonchev–Trinajstić information content (AvgIpc) is 3.05. The highest BCUT2D eigenvalue weighted by atomic mass is 16.4. The Bertz CT molecular complexity index is 639. The maximum Gasteiger partial charge on any atom is 0.311 e. The average molecular weight is 274 g/mol. The summed E-state index contributed by atoms with van der Waals surface area (Å²) in [6.45, 7) is 3.31. The summed E-state index contributed by atoms with van der Waals surface area (Å²) in [6.07, 6.45) is 5.85. The van der Waals surface area contributed by atoms with E-state index in [9.17, 15) is 9.90 Å². The van der Waals surface area contributed by atoms with Crippen LogP contribution in [0.4, 0.5) is 5.82 Å². The molecule has 0 aliphatic carbocycles. The molecule has 1 aliphatic heterocycles. The van der Waals surface area contributed by atoms with Gasteiger partial charge < -0.3 is 10.0 Å². The molecule has 20 heavy (non-hydrogen) atoms. The molecule has 0 aromatic carbocycles. The summed E-state index contributed by atoms with van der Waals surface area (Å²) in [7, 11) is 0. The fourth-order valence-electron chi connectivity index (χ4n) is 3.01. The van der Waals surface area contributed by atoms with Gasteiger partial charge in [0.15, 0.2) is 5.65 Å². The molecule has 6 nitrogen and oxygen atoms in total. The summed E-state index contributed by atoms with van der Waals surface area (Å²) in [5, 5.41) is 13.7. The zero-order valence-corrected chi connectivity index (χ0v) is 11.5. The Balaban J connectivity index is 1.86. The second kappa shape index (κ2) is 4.77. The topological polar surface area (TPSA) is 70.7 Å². The summed E-state index contributed by atoms with van der Waals surface area (Å²) in [5.41, 5.74) is 0.161. The van der Waals surface area contributed by atoms with Crippen LogP contribution in [0.2, 0.25) is 0 Å². The number of carboxylic acid groups (broad SMARTS) is 1. The standard InChI is InChI=1S/C14H18N4O2/c1-2-5-14(13(19)20)6-9-17(10-14)11-4-8-18-12(16-11)3-7-15-18/h3-4,7-8H,2,5-6,9-10H2,1H3,(H,19,20). The number of anilines is 1. The normalized spacial score (nSPS) is 22.6. The molecule has 1 saturated heterocycles. The van der Waals surface area contributed by atoms with E-state index in [2.05, 4.69) is 15.0 Å². The van der Waals surface area contributed by atoms with Crippen molar-refractivity contribution in [3.05, 3.63) is 24.5 Å². The summed E-state index contributed by atoms with van der Waals surface area (Å²) in [5.74, 6) is 0.143. The maximum absolute atomic E-state index is 11.6. The highest BCUT2D eigenvalue weighted by Gasteiger charge is 2.44. The minimum absolute atomic E-state index is 0.535. The number of carbonyl (C=O) groups is 1. The molecule has 0 spiro atoms. The highest BCUT2D eigenvalue weighted by Crippen LogP contribution is 2.37. The van der Waals surface area contributed by atoms with E-state index in [1.807, 2.05) is 25.3 Å². The fraction of sp³-hybridized carbons (Fsp3) is 0.500. The number of aliphatic carboxylic acids is 1. The molecular weight excluding hydrogens is 256 g/mol. The smallest absolute Gasteiger partial charge is 0.311 e. The highest BCUT2D eigenvalue weighted by molar-refractivity contribution is 5.76. The molecule has 0 amide bonds. The van der Waals surface area contributed by atoms with Crippen molar-refractivity contribution in [2.45, 2.75) is 26.2 Å². The van der Waals surface area contributed by atoms with E-state index in [0.29, 0.717) is 19.4 Å². The molecule has 3 rings (SSSR count). The Morgan fingerprint density at radius 3 is 3.10 bits per heavy atom. The van der Waals surface area contributed by atoms with E-state index >= 15 is 0 Å². The van der Waals surface area contributed by atoms with E-state index < -0.39 is 11.4 Å². The first kappa shape index (κ1) is 12.9. The van der Waals surface area contributed by atoms with Gasteiger partial charge in [0.25, 0.3) is 0 Å². The number of rotatable bonds is 4. The zero-order valence-electron chi connectivity index (χ0n) is 11.5. The predicted octanol–water partition coefficient (Wildman–Crippen LogP) is 1.81. The molecule has 2 aromatic heterocycles. The molecule has 1 aliphatic rings. The van der Waals surface area contributed by atoms with Crippen LogP contribution in [0.3, 0.4) is 0 Å². The van der Waals surface area contributed by atoms with Gasteiger partial charge in [-0.2, -0.15) is 5.10 Å². The third-order valence-corrected chi connectivity index (χ3v) is 4.10. The second-order valence-electron chi connectivity index (χ2n) is 5.43. The lowest BCUT2D eigenvalue weighted by molar-refractivity contribution is -0.148. The van der Waals surface area contributed by atoms with Crippen molar-refractivity contribution in [2.24, 2.45) is 5.41 Å². The number of nitrogens with zero attached hydrogens (tertiary/aromatic N) is 4. The first-order chi connectivity index (χ1) is 9.64. The number of fused-ring (bicyclic) bond motifs is 1. The van der Waals surface area contributed by atoms with Crippen LogP contribution in [0.5, 0.6) is 0 Å². The monoisotopic (exact) mass is 274 g/mol. The Labute approximate surface area is 117 Å². The second-order valence-corrected chi connectivity index (χ2v) is 5.43. The lowest BCUT2D eigenvalue weighted by Crippen LogP contribution is -2.34. The Hall–Kier alpha value is -2.11. The van der Waals surface area contributed by atoms with Gasteiger partial charge >= 0.3 is 5.97 Å². The first-order valence-electron chi connectivity index (χ1n) is 6.93. The largest absolute Gasteiger partial charge is 0.481 e. The van der Waals surface area contributed by atoms with E-state index in [1.165, 1.54) is 0 Å². The van der Waals surface area contributed by atoms with Crippen molar-refractivity contribution in [1.82, 2.24) is 14.6 Å². The summed E-state index contributed by atoms with van der Waals surface area (Å²) < 4.78 is 1.70. The summed E-state index contributed by atoms with van der Waals surface area (Å²) in [4.78, 5) is 18.2. The van der Waals surface area contributed by atoms with Crippen molar-refractivity contribution in [3.8, 4) is 0 Å². The van der Waals surface area contributed by atoms with Gasteiger partial charge in [0.1, 0.15) is 5.82 Å². The molecule has 1 N–H and O–H groups in total. The SMILES string of the molecule is CCCC1(C(=O)O)CCN(c2ccn3nccc3n2)C1. The number of hydrogen-bond acceptors (Lipinski definition) is 4. The lowest BCUT2D eigenvalue weighted by atomic mass is 9.83. The van der Waals surface area contributed by atoms with Crippen molar-refractivity contribution >= 4 is 17.4 Å². The third kappa shape index (κ3) is 2.01. The van der Waals surface area contributed by atoms with Gasteiger partial charge in [-0.05, 0) is 18.9 Å². The molecule has 0 saturated carbocycles. The van der Waals surface area contributed by atoms with Gasteiger partial charge in [-0.3, -0.25) is 4.79 Å². The van der Waals surface area contributed by atoms with Crippen LogP contribution in [-0.2, 0) is 4.79 Å². The van der Waals surface area contributed by atoms with E-state index in [1.54, 1.807) is 10.7 Å². The minimum atomic E-state index is -0.688. The molecule has 1 unspecified atom stereocenters. The van der Waals surface area contributed by atoms with Crippen LogP contribution in [0.15, 0.2) is 24.5 Å². The van der Waals surface area contributed by atoms with Crippen LogP contribution in [0, 0.1) is 5.41 Å². The van der Waals surface area contributed by atoms with Crippen LogP contribution in [0.25, 0.3) is 5.65 Å². The fourth-order valence-corrected chi connectivity index (χ4v) is 3.01. The molecule has 106 valence electrons. The van der Waals surface area contributed by atoms with Crippen LogP contribution in [-0.4, -0.2) is 38.8 Å². The zero-order chi connectivity index (χ0) is 14.2. The quantitative estimate of drug-likeness (QED) is 0.920. The molecule has 0 radical (unpaired) electrons. The first-order valence-corrected chi connectivity index (χ1v) is 6.93. The number of carboxylic acids is 1. The van der Waals surface area contributed by atoms with E-state index in [4.69, 9.17) is 0 Å². The molecule has 2 aromatic rings. The molecule has 0 bridgehead atoms. The molecular formula is C14H18N4O2. The molecule has 3 heterocycles. The van der Waals surface area contributed by atoms with Gasteiger partial charge in [0, 0.05) is 25.4 Å². The molecule has 1 fully saturated rings. The Kier molecular flexibility index (Phi) is 3.08. The minimum Gasteiger partial charge on any atom is -0.481 e. The van der Waals surface area contributed by atoms with Crippen LogP contribution in [0.1, 0.15) is 26.2 Å². The predicted molar refractivity (Wildman–Crippen MR) is 74.8 cm³/mol. The van der Waals surface area contributed by atoms with Crippen molar-refractivity contribution < 1.29 is 9.90 Å². The van der Waals surface area contributed by atoms with Gasteiger partial charge in [-0.1, -0.05) is 13.3 Å². The van der Waals surface area contributed by atoms with Crippen molar-refractivity contribution in [3.63, 3.8) is 0 Å².